The van der Waals surface area contributed by atoms with Gasteiger partial charge < -0.3 is 15.0 Å². The van der Waals surface area contributed by atoms with Crippen molar-refractivity contribution in [2.75, 3.05) is 18.5 Å². The quantitative estimate of drug-likeness (QED) is 0.849. The highest BCUT2D eigenvalue weighted by Crippen LogP contribution is 2.20. The van der Waals surface area contributed by atoms with Crippen LogP contribution in [-0.2, 0) is 4.79 Å². The van der Waals surface area contributed by atoms with Crippen LogP contribution in [0.4, 0.5) is 5.69 Å². The summed E-state index contributed by atoms with van der Waals surface area (Å²) >= 11 is 0. The summed E-state index contributed by atoms with van der Waals surface area (Å²) in [6, 6.07) is 5.98. The number of carboxylic acid groups (broad SMARTS) is 1. The van der Waals surface area contributed by atoms with E-state index in [1.165, 1.54) is 0 Å². The molecule has 1 aromatic carbocycles. The zero-order valence-electron chi connectivity index (χ0n) is 10.6. The van der Waals surface area contributed by atoms with Crippen molar-refractivity contribution in [1.82, 2.24) is 9.97 Å². The fraction of sp³-hybridized carbons (Fsp3) is 0.385. The molecule has 0 aliphatic rings. The normalized spacial score (nSPS) is 12.6. The zero-order chi connectivity index (χ0) is 13.1. The lowest BCUT2D eigenvalue weighted by Gasteiger charge is -2.22. The largest absolute Gasteiger partial charge is 0.481 e. The number of aliphatic carboxylic acids is 1. The van der Waals surface area contributed by atoms with Crippen LogP contribution in [0.15, 0.2) is 24.5 Å². The van der Waals surface area contributed by atoms with Gasteiger partial charge in [-0.25, -0.2) is 4.98 Å². The molecule has 2 aromatic rings. The van der Waals surface area contributed by atoms with Gasteiger partial charge in [0.2, 0.25) is 0 Å². The van der Waals surface area contributed by atoms with E-state index >= 15 is 0 Å². The first-order valence-electron chi connectivity index (χ1n) is 5.92. The molecule has 96 valence electrons. The van der Waals surface area contributed by atoms with Crippen LogP contribution >= 0.6 is 0 Å². The number of carbonyl (C=O) groups is 1. The molecule has 0 aliphatic heterocycles. The molecule has 1 heterocycles. The highest BCUT2D eigenvalue weighted by molar-refractivity contribution is 5.79. The number of nitrogens with zero attached hydrogens (tertiary/aromatic N) is 2. The molecule has 1 unspecified atom stereocenters. The highest BCUT2D eigenvalue weighted by atomic mass is 16.4. The van der Waals surface area contributed by atoms with E-state index in [9.17, 15) is 4.79 Å². The van der Waals surface area contributed by atoms with Gasteiger partial charge in [-0.2, -0.15) is 0 Å². The fourth-order valence-electron chi connectivity index (χ4n) is 2.10. The van der Waals surface area contributed by atoms with Gasteiger partial charge in [0, 0.05) is 25.7 Å². The Labute approximate surface area is 105 Å². The molecule has 1 aromatic heterocycles. The zero-order valence-corrected chi connectivity index (χ0v) is 10.6. The van der Waals surface area contributed by atoms with Gasteiger partial charge in [0.1, 0.15) is 0 Å². The van der Waals surface area contributed by atoms with Crippen molar-refractivity contribution < 1.29 is 9.90 Å². The number of aromatic amines is 1. The standard InChI is InChI=1S/C13H17N3O2/c1-9(5-13(17)18)7-16(2)10-3-4-11-12(6-10)15-8-14-11/h3-4,6,8-9H,5,7H2,1-2H3,(H,14,15)(H,17,18). The van der Waals surface area contributed by atoms with Gasteiger partial charge in [0.05, 0.1) is 17.4 Å². The monoisotopic (exact) mass is 247 g/mol. The third-order valence-corrected chi connectivity index (χ3v) is 2.95. The SMILES string of the molecule is CC(CC(=O)O)CN(C)c1ccc2nc[nH]c2c1. The predicted octanol–water partition coefficient (Wildman–Crippen LogP) is 2.11. The lowest BCUT2D eigenvalue weighted by atomic mass is 10.1. The van der Waals surface area contributed by atoms with Crippen LogP contribution < -0.4 is 4.90 Å². The maximum absolute atomic E-state index is 10.6. The number of anilines is 1. The van der Waals surface area contributed by atoms with Crippen LogP contribution in [0.1, 0.15) is 13.3 Å². The number of imidazole rings is 1. The average Bonchev–Trinajstić information content (AvgIpc) is 2.74. The van der Waals surface area contributed by atoms with Crippen molar-refractivity contribution in [2.24, 2.45) is 5.92 Å². The molecule has 5 heteroatoms. The van der Waals surface area contributed by atoms with E-state index in [-0.39, 0.29) is 12.3 Å². The first-order chi connectivity index (χ1) is 8.56. The van der Waals surface area contributed by atoms with Crippen molar-refractivity contribution in [3.8, 4) is 0 Å². The van der Waals surface area contributed by atoms with Gasteiger partial charge in [0.25, 0.3) is 0 Å². The van der Waals surface area contributed by atoms with Gasteiger partial charge in [0.15, 0.2) is 0 Å². The van der Waals surface area contributed by atoms with Crippen LogP contribution in [-0.4, -0.2) is 34.6 Å². The smallest absolute Gasteiger partial charge is 0.303 e. The van der Waals surface area contributed by atoms with Crippen molar-refractivity contribution in [1.29, 1.82) is 0 Å². The predicted molar refractivity (Wildman–Crippen MR) is 70.8 cm³/mol. The Morgan fingerprint density at radius 2 is 2.33 bits per heavy atom. The molecule has 0 spiro atoms. The topological polar surface area (TPSA) is 69.2 Å². The number of hydrogen-bond acceptors (Lipinski definition) is 3. The number of nitrogens with one attached hydrogen (secondary N) is 1. The van der Waals surface area contributed by atoms with Crippen molar-refractivity contribution in [2.45, 2.75) is 13.3 Å². The van der Waals surface area contributed by atoms with Crippen LogP contribution in [0.3, 0.4) is 0 Å². The molecule has 2 N–H and O–H groups in total. The minimum absolute atomic E-state index is 0.116. The maximum atomic E-state index is 10.6. The number of H-pyrrole nitrogens is 1. The molecule has 0 saturated heterocycles. The van der Waals surface area contributed by atoms with Crippen LogP contribution in [0.2, 0.25) is 0 Å². The number of fused-ring (bicyclic) bond motifs is 1. The molecule has 0 saturated carbocycles. The van der Waals surface area contributed by atoms with Crippen LogP contribution in [0.25, 0.3) is 11.0 Å². The van der Waals surface area contributed by atoms with Gasteiger partial charge >= 0.3 is 5.97 Å². The van der Waals surface area contributed by atoms with Crippen LogP contribution in [0.5, 0.6) is 0 Å². The molecule has 0 bridgehead atoms. The van der Waals surface area contributed by atoms with Crippen molar-refractivity contribution >= 4 is 22.7 Å². The average molecular weight is 247 g/mol. The molecule has 5 nitrogen and oxygen atoms in total. The highest BCUT2D eigenvalue weighted by Gasteiger charge is 2.11. The summed E-state index contributed by atoms with van der Waals surface area (Å²) in [4.78, 5) is 19.9. The number of aromatic nitrogens is 2. The van der Waals surface area contributed by atoms with Crippen molar-refractivity contribution in [3.63, 3.8) is 0 Å². The summed E-state index contributed by atoms with van der Waals surface area (Å²) in [7, 11) is 1.97. The Kier molecular flexibility index (Phi) is 3.50. The first-order valence-corrected chi connectivity index (χ1v) is 5.92. The second-order valence-corrected chi connectivity index (χ2v) is 4.69. The third-order valence-electron chi connectivity index (χ3n) is 2.95. The van der Waals surface area contributed by atoms with Gasteiger partial charge in [-0.1, -0.05) is 6.92 Å². The first kappa shape index (κ1) is 12.4. The Morgan fingerprint density at radius 3 is 3.06 bits per heavy atom. The molecular weight excluding hydrogens is 230 g/mol. The fourth-order valence-corrected chi connectivity index (χ4v) is 2.10. The molecular formula is C13H17N3O2. The summed E-state index contributed by atoms with van der Waals surface area (Å²) < 4.78 is 0. The maximum Gasteiger partial charge on any atom is 0.303 e. The second kappa shape index (κ2) is 5.08. The van der Waals surface area contributed by atoms with E-state index in [0.717, 1.165) is 16.7 Å². The summed E-state index contributed by atoms with van der Waals surface area (Å²) in [6.07, 6.45) is 1.86. The van der Waals surface area contributed by atoms with E-state index in [2.05, 4.69) is 14.9 Å². The Hall–Kier alpha value is -2.04. The molecule has 18 heavy (non-hydrogen) atoms. The molecule has 2 rings (SSSR count). The van der Waals surface area contributed by atoms with Crippen LogP contribution in [0, 0.1) is 5.92 Å². The number of carboxylic acids is 1. The molecule has 1 atom stereocenters. The van der Waals surface area contributed by atoms with Gasteiger partial charge in [-0.3, -0.25) is 4.79 Å². The van der Waals surface area contributed by atoms with E-state index < -0.39 is 5.97 Å². The Morgan fingerprint density at radius 1 is 1.56 bits per heavy atom. The lowest BCUT2D eigenvalue weighted by Crippen LogP contribution is -2.25. The molecule has 0 fully saturated rings. The Bertz CT molecular complexity index is 550. The lowest BCUT2D eigenvalue weighted by molar-refractivity contribution is -0.137. The molecule has 0 radical (unpaired) electrons. The number of benzene rings is 1. The van der Waals surface area contributed by atoms with E-state index in [1.54, 1.807) is 6.33 Å². The third kappa shape index (κ3) is 2.80. The molecule has 0 aliphatic carbocycles. The minimum atomic E-state index is -0.750. The second-order valence-electron chi connectivity index (χ2n) is 4.69. The minimum Gasteiger partial charge on any atom is -0.481 e. The van der Waals surface area contributed by atoms with E-state index in [0.29, 0.717) is 6.54 Å². The summed E-state index contributed by atoms with van der Waals surface area (Å²) in [5.41, 5.74) is 2.99. The summed E-state index contributed by atoms with van der Waals surface area (Å²) in [5, 5.41) is 8.75. The summed E-state index contributed by atoms with van der Waals surface area (Å²) in [6.45, 7) is 2.66. The number of rotatable bonds is 5. The van der Waals surface area contributed by atoms with E-state index in [1.807, 2.05) is 32.2 Å². The van der Waals surface area contributed by atoms with E-state index in [4.69, 9.17) is 5.11 Å². The molecule has 0 amide bonds. The Balaban J connectivity index is 2.07. The number of hydrogen-bond donors (Lipinski definition) is 2. The van der Waals surface area contributed by atoms with Gasteiger partial charge in [-0.15, -0.1) is 0 Å². The summed E-state index contributed by atoms with van der Waals surface area (Å²) in [5.74, 6) is -0.634. The van der Waals surface area contributed by atoms with Gasteiger partial charge in [-0.05, 0) is 24.1 Å². The van der Waals surface area contributed by atoms with Crippen molar-refractivity contribution in [3.05, 3.63) is 24.5 Å².